The maximum Gasteiger partial charge on any atom is 0.252 e. The van der Waals surface area contributed by atoms with Crippen molar-refractivity contribution in [3.05, 3.63) is 70.5 Å². The molecule has 0 heterocycles. The van der Waals surface area contributed by atoms with E-state index in [1.54, 1.807) is 0 Å². The highest BCUT2D eigenvalue weighted by molar-refractivity contribution is 6.33. The molecule has 0 radical (unpaired) electrons. The predicted molar refractivity (Wildman–Crippen MR) is 89.2 cm³/mol. The van der Waals surface area contributed by atoms with Crippen LogP contribution in [0.3, 0.4) is 0 Å². The van der Waals surface area contributed by atoms with Crippen molar-refractivity contribution in [3.63, 3.8) is 0 Å². The van der Waals surface area contributed by atoms with E-state index in [1.165, 1.54) is 12.1 Å². The zero-order chi connectivity index (χ0) is 16.7. The van der Waals surface area contributed by atoms with Crippen LogP contribution in [0.1, 0.15) is 35.4 Å². The van der Waals surface area contributed by atoms with Crippen molar-refractivity contribution in [2.75, 3.05) is 13.2 Å². The average molecular weight is 336 g/mol. The van der Waals surface area contributed by atoms with Gasteiger partial charge in [-0.1, -0.05) is 41.9 Å². The number of benzene rings is 2. The van der Waals surface area contributed by atoms with Crippen LogP contribution >= 0.6 is 11.6 Å². The second-order valence-electron chi connectivity index (χ2n) is 5.16. The number of nitrogens with one attached hydrogen (secondary N) is 1. The Kier molecular flexibility index (Phi) is 6.56. The van der Waals surface area contributed by atoms with E-state index >= 15 is 0 Å². The largest absolute Gasteiger partial charge is 0.374 e. The van der Waals surface area contributed by atoms with Crippen LogP contribution in [0.4, 0.5) is 4.39 Å². The molecule has 0 saturated carbocycles. The van der Waals surface area contributed by atoms with E-state index in [1.807, 2.05) is 37.3 Å². The number of halogens is 2. The first-order valence-corrected chi connectivity index (χ1v) is 7.85. The molecule has 2 rings (SSSR count). The standard InChI is InChI=1S/C18H19ClFNO2/c1-13(14-6-3-2-4-7-14)23-11-5-10-21-18(22)16-9-8-15(20)12-17(16)19/h2-4,6-9,12-13H,5,10-11H2,1H3,(H,21,22)/t13-/m0/s1. The predicted octanol–water partition coefficient (Wildman–Crippen LogP) is 4.38. The summed E-state index contributed by atoms with van der Waals surface area (Å²) in [7, 11) is 0. The molecule has 0 bridgehead atoms. The van der Waals surface area contributed by atoms with Gasteiger partial charge in [0.2, 0.25) is 0 Å². The third-order valence-electron chi connectivity index (χ3n) is 3.42. The zero-order valence-electron chi connectivity index (χ0n) is 12.9. The zero-order valence-corrected chi connectivity index (χ0v) is 13.6. The highest BCUT2D eigenvalue weighted by Crippen LogP contribution is 2.17. The molecule has 0 saturated heterocycles. The van der Waals surface area contributed by atoms with Crippen molar-refractivity contribution >= 4 is 17.5 Å². The van der Waals surface area contributed by atoms with Gasteiger partial charge in [-0.2, -0.15) is 0 Å². The fraction of sp³-hybridized carbons (Fsp3) is 0.278. The smallest absolute Gasteiger partial charge is 0.252 e. The Morgan fingerprint density at radius 1 is 1.26 bits per heavy atom. The SMILES string of the molecule is C[C@H](OCCCNC(=O)c1ccc(F)cc1Cl)c1ccccc1. The Bertz CT molecular complexity index is 649. The monoisotopic (exact) mass is 335 g/mol. The van der Waals surface area contributed by atoms with E-state index in [0.717, 1.165) is 11.6 Å². The number of ether oxygens (including phenoxy) is 1. The summed E-state index contributed by atoms with van der Waals surface area (Å²) in [5, 5.41) is 2.85. The van der Waals surface area contributed by atoms with Crippen LogP contribution in [0.5, 0.6) is 0 Å². The maximum atomic E-state index is 12.9. The van der Waals surface area contributed by atoms with E-state index in [-0.39, 0.29) is 22.6 Å². The number of hydrogen-bond donors (Lipinski definition) is 1. The summed E-state index contributed by atoms with van der Waals surface area (Å²) < 4.78 is 18.7. The van der Waals surface area contributed by atoms with Gasteiger partial charge in [0.1, 0.15) is 5.82 Å². The van der Waals surface area contributed by atoms with Gasteiger partial charge in [0.15, 0.2) is 0 Å². The van der Waals surface area contributed by atoms with Crippen LogP contribution < -0.4 is 5.32 Å². The first-order chi connectivity index (χ1) is 11.1. The summed E-state index contributed by atoms with van der Waals surface area (Å²) in [6, 6.07) is 13.7. The molecule has 2 aromatic rings. The minimum Gasteiger partial charge on any atom is -0.374 e. The van der Waals surface area contributed by atoms with Crippen molar-refractivity contribution in [1.29, 1.82) is 0 Å². The Morgan fingerprint density at radius 2 is 2.00 bits per heavy atom. The van der Waals surface area contributed by atoms with Gasteiger partial charge >= 0.3 is 0 Å². The van der Waals surface area contributed by atoms with E-state index < -0.39 is 5.82 Å². The normalized spacial score (nSPS) is 12.0. The van der Waals surface area contributed by atoms with E-state index in [4.69, 9.17) is 16.3 Å². The minimum absolute atomic E-state index is 0.0124. The molecular formula is C18H19ClFNO2. The van der Waals surface area contributed by atoms with Gasteiger partial charge in [0, 0.05) is 13.2 Å². The van der Waals surface area contributed by atoms with Crippen molar-refractivity contribution in [3.8, 4) is 0 Å². The lowest BCUT2D eigenvalue weighted by molar-refractivity contribution is 0.0635. The van der Waals surface area contributed by atoms with Gasteiger partial charge in [0.05, 0.1) is 16.7 Å². The lowest BCUT2D eigenvalue weighted by Crippen LogP contribution is -2.25. The third kappa shape index (κ3) is 5.34. The molecule has 0 aliphatic rings. The van der Waals surface area contributed by atoms with Crippen molar-refractivity contribution in [2.24, 2.45) is 0 Å². The third-order valence-corrected chi connectivity index (χ3v) is 3.73. The molecule has 23 heavy (non-hydrogen) atoms. The van der Waals surface area contributed by atoms with Crippen molar-refractivity contribution < 1.29 is 13.9 Å². The maximum absolute atomic E-state index is 12.9. The van der Waals surface area contributed by atoms with Gasteiger partial charge in [-0.05, 0) is 37.1 Å². The highest BCUT2D eigenvalue weighted by atomic mass is 35.5. The van der Waals surface area contributed by atoms with E-state index in [0.29, 0.717) is 19.6 Å². The first-order valence-electron chi connectivity index (χ1n) is 7.47. The lowest BCUT2D eigenvalue weighted by atomic mass is 10.1. The summed E-state index contributed by atoms with van der Waals surface area (Å²) in [5.74, 6) is -0.777. The fourth-order valence-electron chi connectivity index (χ4n) is 2.12. The molecule has 0 aliphatic carbocycles. The van der Waals surface area contributed by atoms with Crippen LogP contribution in [0.2, 0.25) is 5.02 Å². The van der Waals surface area contributed by atoms with E-state index in [2.05, 4.69) is 5.32 Å². The second-order valence-corrected chi connectivity index (χ2v) is 5.56. The van der Waals surface area contributed by atoms with Gasteiger partial charge in [-0.25, -0.2) is 4.39 Å². The molecule has 122 valence electrons. The topological polar surface area (TPSA) is 38.3 Å². The van der Waals surface area contributed by atoms with E-state index in [9.17, 15) is 9.18 Å². The molecule has 0 aromatic heterocycles. The molecule has 1 amide bonds. The number of hydrogen-bond acceptors (Lipinski definition) is 2. The van der Waals surface area contributed by atoms with Gasteiger partial charge in [-0.3, -0.25) is 4.79 Å². The molecule has 2 aromatic carbocycles. The Balaban J connectivity index is 1.70. The molecule has 0 unspecified atom stereocenters. The van der Waals surface area contributed by atoms with Crippen LogP contribution in [0.15, 0.2) is 48.5 Å². The molecular weight excluding hydrogens is 317 g/mol. The molecule has 1 atom stereocenters. The minimum atomic E-state index is -0.463. The molecule has 1 N–H and O–H groups in total. The summed E-state index contributed by atoms with van der Waals surface area (Å²) in [5.41, 5.74) is 1.39. The lowest BCUT2D eigenvalue weighted by Gasteiger charge is -2.13. The fourth-order valence-corrected chi connectivity index (χ4v) is 2.38. The quantitative estimate of drug-likeness (QED) is 0.763. The summed E-state index contributed by atoms with van der Waals surface area (Å²) >= 11 is 5.85. The summed E-state index contributed by atoms with van der Waals surface area (Å²) in [6.07, 6.45) is 0.695. The van der Waals surface area contributed by atoms with Gasteiger partial charge in [-0.15, -0.1) is 0 Å². The van der Waals surface area contributed by atoms with Crippen LogP contribution in [0, 0.1) is 5.82 Å². The number of amides is 1. The molecule has 5 heteroatoms. The number of carbonyl (C=O) groups excluding carboxylic acids is 1. The number of rotatable bonds is 7. The van der Waals surface area contributed by atoms with Gasteiger partial charge < -0.3 is 10.1 Å². The van der Waals surface area contributed by atoms with Crippen molar-refractivity contribution in [1.82, 2.24) is 5.32 Å². The average Bonchev–Trinajstić information content (AvgIpc) is 2.55. The van der Waals surface area contributed by atoms with Crippen LogP contribution in [-0.4, -0.2) is 19.1 Å². The molecule has 3 nitrogen and oxygen atoms in total. The Hall–Kier alpha value is -1.91. The second kappa shape index (κ2) is 8.65. The molecule has 0 spiro atoms. The number of carbonyl (C=O) groups is 1. The highest BCUT2D eigenvalue weighted by Gasteiger charge is 2.10. The van der Waals surface area contributed by atoms with Gasteiger partial charge in [0.25, 0.3) is 5.91 Å². The molecule has 0 fully saturated rings. The Labute approximate surface area is 140 Å². The van der Waals surface area contributed by atoms with Crippen LogP contribution in [-0.2, 0) is 4.74 Å². The molecule has 0 aliphatic heterocycles. The summed E-state index contributed by atoms with van der Waals surface area (Å²) in [6.45, 7) is 2.99. The van der Waals surface area contributed by atoms with Crippen LogP contribution in [0.25, 0.3) is 0 Å². The first kappa shape index (κ1) is 17.4. The Morgan fingerprint density at radius 3 is 2.70 bits per heavy atom. The van der Waals surface area contributed by atoms with Crippen molar-refractivity contribution in [2.45, 2.75) is 19.4 Å². The summed E-state index contributed by atoms with van der Waals surface area (Å²) in [4.78, 5) is 11.9.